The third kappa shape index (κ3) is 2.52. The summed E-state index contributed by atoms with van der Waals surface area (Å²) in [5, 5.41) is 2.09. The molecule has 3 amide bonds. The zero-order valence-electron chi connectivity index (χ0n) is 11.4. The van der Waals surface area contributed by atoms with Crippen LogP contribution in [0.15, 0.2) is 11.4 Å². The topological polar surface area (TPSA) is 66.6 Å². The lowest BCUT2D eigenvalue weighted by Gasteiger charge is -2.35. The van der Waals surface area contributed by atoms with Gasteiger partial charge in [-0.3, -0.25) is 4.79 Å². The molecule has 1 aromatic heterocycles. The van der Waals surface area contributed by atoms with E-state index < -0.39 is 6.03 Å². The highest BCUT2D eigenvalue weighted by Gasteiger charge is 2.32. The Morgan fingerprint density at radius 2 is 2.15 bits per heavy atom. The fourth-order valence-electron chi connectivity index (χ4n) is 3.07. The molecule has 3 rings (SSSR count). The zero-order valence-corrected chi connectivity index (χ0v) is 12.2. The summed E-state index contributed by atoms with van der Waals surface area (Å²) in [7, 11) is 0. The van der Waals surface area contributed by atoms with Crippen LogP contribution in [0.4, 0.5) is 4.79 Å². The second-order valence-electron chi connectivity index (χ2n) is 5.50. The maximum atomic E-state index is 12.6. The van der Waals surface area contributed by atoms with E-state index in [-0.39, 0.29) is 11.8 Å². The van der Waals surface area contributed by atoms with E-state index in [1.54, 1.807) is 16.2 Å². The van der Waals surface area contributed by atoms with Gasteiger partial charge in [-0.2, -0.15) is 0 Å². The number of nitrogens with zero attached hydrogens (tertiary/aromatic N) is 2. The quantitative estimate of drug-likeness (QED) is 0.851. The van der Waals surface area contributed by atoms with Crippen molar-refractivity contribution in [2.45, 2.75) is 25.8 Å². The van der Waals surface area contributed by atoms with Gasteiger partial charge in [0.15, 0.2) is 0 Å². The van der Waals surface area contributed by atoms with E-state index in [4.69, 9.17) is 5.73 Å². The third-order valence-corrected chi connectivity index (χ3v) is 5.22. The third-order valence-electron chi connectivity index (χ3n) is 4.20. The lowest BCUT2D eigenvalue weighted by molar-refractivity contribution is -0.137. The van der Waals surface area contributed by atoms with Crippen molar-refractivity contribution in [1.82, 2.24) is 9.80 Å². The van der Waals surface area contributed by atoms with Gasteiger partial charge in [-0.05, 0) is 36.3 Å². The van der Waals surface area contributed by atoms with Crippen LogP contribution < -0.4 is 5.73 Å². The number of nitrogens with two attached hydrogens (primary N) is 1. The van der Waals surface area contributed by atoms with Gasteiger partial charge >= 0.3 is 6.03 Å². The van der Waals surface area contributed by atoms with E-state index in [1.807, 2.05) is 4.90 Å². The minimum Gasteiger partial charge on any atom is -0.351 e. The SMILES string of the molecule is NC(=O)N1CCCC(C(=O)N2CCc3sccc3C2)C1. The van der Waals surface area contributed by atoms with Crippen LogP contribution in [0.2, 0.25) is 0 Å². The molecule has 5 nitrogen and oxygen atoms in total. The van der Waals surface area contributed by atoms with Gasteiger partial charge < -0.3 is 15.5 Å². The summed E-state index contributed by atoms with van der Waals surface area (Å²) in [6.07, 6.45) is 2.66. The minimum absolute atomic E-state index is 0.0866. The number of fused-ring (bicyclic) bond motifs is 1. The van der Waals surface area contributed by atoms with Gasteiger partial charge in [0.25, 0.3) is 0 Å². The molecule has 0 saturated carbocycles. The summed E-state index contributed by atoms with van der Waals surface area (Å²) in [4.78, 5) is 28.8. The van der Waals surface area contributed by atoms with Gasteiger partial charge in [0.05, 0.1) is 5.92 Å². The summed E-state index contributed by atoms with van der Waals surface area (Å²) in [6.45, 7) is 2.65. The Hall–Kier alpha value is -1.56. The molecule has 1 unspecified atom stereocenters. The molecule has 0 aliphatic carbocycles. The van der Waals surface area contributed by atoms with Crippen LogP contribution >= 0.6 is 11.3 Å². The van der Waals surface area contributed by atoms with E-state index in [1.165, 1.54) is 10.4 Å². The first kappa shape index (κ1) is 13.4. The van der Waals surface area contributed by atoms with Gasteiger partial charge in [-0.25, -0.2) is 4.79 Å². The van der Waals surface area contributed by atoms with Crippen molar-refractivity contribution in [2.75, 3.05) is 19.6 Å². The predicted octanol–water partition coefficient (Wildman–Crippen LogP) is 1.42. The van der Waals surface area contributed by atoms with E-state index >= 15 is 0 Å². The number of hydrogen-bond acceptors (Lipinski definition) is 3. The average Bonchev–Trinajstić information content (AvgIpc) is 2.94. The lowest BCUT2D eigenvalue weighted by Crippen LogP contribution is -2.49. The first-order chi connectivity index (χ1) is 9.65. The molecule has 1 fully saturated rings. The highest BCUT2D eigenvalue weighted by Crippen LogP contribution is 2.26. The van der Waals surface area contributed by atoms with Gasteiger partial charge in [-0.1, -0.05) is 0 Å². The molecule has 108 valence electrons. The molecule has 1 saturated heterocycles. The van der Waals surface area contributed by atoms with Crippen molar-refractivity contribution in [3.8, 4) is 0 Å². The maximum absolute atomic E-state index is 12.6. The van der Waals surface area contributed by atoms with Gasteiger partial charge in [0.2, 0.25) is 5.91 Å². The van der Waals surface area contributed by atoms with Crippen molar-refractivity contribution in [3.05, 3.63) is 21.9 Å². The molecule has 2 N–H and O–H groups in total. The molecule has 20 heavy (non-hydrogen) atoms. The van der Waals surface area contributed by atoms with Crippen molar-refractivity contribution in [2.24, 2.45) is 11.7 Å². The molecule has 1 atom stereocenters. The molecule has 1 aromatic rings. The fraction of sp³-hybridized carbons (Fsp3) is 0.571. The first-order valence-corrected chi connectivity index (χ1v) is 7.91. The standard InChI is InChI=1S/C14H19N3O2S/c15-14(19)17-5-1-2-11(9-17)13(18)16-6-3-12-10(8-16)4-7-20-12/h4,7,11H,1-3,5-6,8-9H2,(H2,15,19). The predicted molar refractivity (Wildman–Crippen MR) is 77.3 cm³/mol. The Morgan fingerprint density at radius 3 is 2.95 bits per heavy atom. The van der Waals surface area contributed by atoms with Crippen LogP contribution in [0.3, 0.4) is 0 Å². The number of rotatable bonds is 1. The monoisotopic (exact) mass is 293 g/mol. The number of primary amides is 1. The van der Waals surface area contributed by atoms with Crippen molar-refractivity contribution < 1.29 is 9.59 Å². The summed E-state index contributed by atoms with van der Waals surface area (Å²) >= 11 is 1.77. The normalized spacial score (nSPS) is 22.5. The average molecular weight is 293 g/mol. The molecular formula is C14H19N3O2S. The Kier molecular flexibility index (Phi) is 3.65. The fourth-order valence-corrected chi connectivity index (χ4v) is 3.96. The van der Waals surface area contributed by atoms with Crippen LogP contribution in [0, 0.1) is 5.92 Å². The number of thiophene rings is 1. The zero-order chi connectivity index (χ0) is 14.1. The molecular weight excluding hydrogens is 274 g/mol. The molecule has 0 aromatic carbocycles. The minimum atomic E-state index is -0.415. The highest BCUT2D eigenvalue weighted by atomic mass is 32.1. The van der Waals surface area contributed by atoms with E-state index in [0.29, 0.717) is 19.6 Å². The molecule has 0 spiro atoms. The smallest absolute Gasteiger partial charge is 0.314 e. The van der Waals surface area contributed by atoms with E-state index in [0.717, 1.165) is 25.8 Å². The van der Waals surface area contributed by atoms with Gasteiger partial charge in [-0.15, -0.1) is 11.3 Å². The second-order valence-corrected chi connectivity index (χ2v) is 6.50. The van der Waals surface area contributed by atoms with E-state index in [2.05, 4.69) is 11.4 Å². The van der Waals surface area contributed by atoms with Crippen LogP contribution in [-0.2, 0) is 17.8 Å². The van der Waals surface area contributed by atoms with Crippen LogP contribution in [0.1, 0.15) is 23.3 Å². The molecule has 3 heterocycles. The summed E-state index contributed by atoms with van der Waals surface area (Å²) in [5.41, 5.74) is 6.60. The number of likely N-dealkylation sites (tertiary alicyclic amines) is 1. The van der Waals surface area contributed by atoms with Crippen LogP contribution in [-0.4, -0.2) is 41.4 Å². The Labute approximate surface area is 122 Å². The molecule has 2 aliphatic heterocycles. The van der Waals surface area contributed by atoms with Crippen LogP contribution in [0.25, 0.3) is 0 Å². The number of carbonyl (C=O) groups excluding carboxylic acids is 2. The molecule has 0 bridgehead atoms. The maximum Gasteiger partial charge on any atom is 0.314 e. The number of piperidine rings is 1. The second kappa shape index (κ2) is 5.44. The van der Waals surface area contributed by atoms with Crippen molar-refractivity contribution >= 4 is 23.3 Å². The molecule has 2 aliphatic rings. The van der Waals surface area contributed by atoms with Crippen molar-refractivity contribution in [3.63, 3.8) is 0 Å². The molecule has 0 radical (unpaired) electrons. The van der Waals surface area contributed by atoms with Crippen LogP contribution in [0.5, 0.6) is 0 Å². The Morgan fingerprint density at radius 1 is 1.30 bits per heavy atom. The first-order valence-electron chi connectivity index (χ1n) is 7.03. The number of urea groups is 1. The Balaban J connectivity index is 1.66. The summed E-state index contributed by atoms with van der Waals surface area (Å²) in [6, 6.07) is 1.69. The largest absolute Gasteiger partial charge is 0.351 e. The Bertz CT molecular complexity index is 528. The number of carbonyl (C=O) groups is 2. The summed E-state index contributed by atoms with van der Waals surface area (Å²) in [5.74, 6) is 0.0873. The highest BCUT2D eigenvalue weighted by molar-refractivity contribution is 7.10. The summed E-state index contributed by atoms with van der Waals surface area (Å²) < 4.78 is 0. The van der Waals surface area contributed by atoms with Gasteiger partial charge in [0, 0.05) is 31.1 Å². The molecule has 6 heteroatoms. The number of amides is 3. The van der Waals surface area contributed by atoms with E-state index in [9.17, 15) is 9.59 Å². The number of hydrogen-bond donors (Lipinski definition) is 1. The lowest BCUT2D eigenvalue weighted by atomic mass is 9.95. The van der Waals surface area contributed by atoms with Gasteiger partial charge in [0.1, 0.15) is 0 Å². The van der Waals surface area contributed by atoms with Crippen molar-refractivity contribution in [1.29, 1.82) is 0 Å².